The summed E-state index contributed by atoms with van der Waals surface area (Å²) < 4.78 is 0. The van der Waals surface area contributed by atoms with Gasteiger partial charge in [-0.3, -0.25) is 4.79 Å². The van der Waals surface area contributed by atoms with Crippen LogP contribution < -0.4 is 5.32 Å². The number of benzene rings is 1. The van der Waals surface area contributed by atoms with Crippen molar-refractivity contribution >= 4 is 17.4 Å². The molecular formula is C20H27N3O. The molecule has 0 aliphatic rings. The van der Waals surface area contributed by atoms with Crippen LogP contribution in [0.15, 0.2) is 24.4 Å². The first-order chi connectivity index (χ1) is 11.2. The molecule has 1 N–H and O–H groups in total. The standard InChI is InChI=1S/C20H27N3O/c1-7-8-15-11-16(9-10-18(15)20(4,5)6)23-19-21-12-17(14(3)24)13(2)22-19/h9-12H,7-8H2,1-6H3,(H,21,22,23). The Morgan fingerprint density at radius 3 is 2.50 bits per heavy atom. The monoisotopic (exact) mass is 325 g/mol. The van der Waals surface area contributed by atoms with Crippen molar-refractivity contribution in [1.29, 1.82) is 0 Å². The molecule has 0 fully saturated rings. The molecule has 0 radical (unpaired) electrons. The van der Waals surface area contributed by atoms with Crippen LogP contribution in [-0.4, -0.2) is 15.8 Å². The first-order valence-corrected chi connectivity index (χ1v) is 8.47. The third-order valence-corrected chi connectivity index (χ3v) is 4.05. The van der Waals surface area contributed by atoms with E-state index in [1.54, 1.807) is 6.20 Å². The van der Waals surface area contributed by atoms with Gasteiger partial charge in [-0.15, -0.1) is 0 Å². The van der Waals surface area contributed by atoms with Crippen molar-refractivity contribution in [3.05, 3.63) is 46.8 Å². The van der Waals surface area contributed by atoms with Crippen LogP contribution >= 0.6 is 0 Å². The molecule has 0 saturated carbocycles. The molecule has 4 heteroatoms. The second-order valence-corrected chi connectivity index (χ2v) is 7.25. The molecule has 0 saturated heterocycles. The lowest BCUT2D eigenvalue weighted by Gasteiger charge is -2.23. The van der Waals surface area contributed by atoms with Crippen molar-refractivity contribution in [3.63, 3.8) is 0 Å². The first-order valence-electron chi connectivity index (χ1n) is 8.47. The second kappa shape index (κ2) is 7.12. The highest BCUT2D eigenvalue weighted by Crippen LogP contribution is 2.29. The molecule has 128 valence electrons. The fourth-order valence-corrected chi connectivity index (χ4v) is 2.88. The van der Waals surface area contributed by atoms with Gasteiger partial charge in [0.05, 0.1) is 11.3 Å². The second-order valence-electron chi connectivity index (χ2n) is 7.25. The molecule has 0 aliphatic heterocycles. The Bertz CT molecular complexity index is 745. The average molecular weight is 325 g/mol. The van der Waals surface area contributed by atoms with E-state index in [-0.39, 0.29) is 11.2 Å². The SMILES string of the molecule is CCCc1cc(Nc2ncc(C(C)=O)c(C)n2)ccc1C(C)(C)C. The minimum absolute atomic E-state index is 0.0150. The van der Waals surface area contributed by atoms with E-state index in [4.69, 9.17) is 0 Å². The van der Waals surface area contributed by atoms with Crippen LogP contribution in [0.2, 0.25) is 0 Å². The topological polar surface area (TPSA) is 54.9 Å². The minimum Gasteiger partial charge on any atom is -0.324 e. The van der Waals surface area contributed by atoms with Crippen LogP contribution in [0.1, 0.15) is 68.2 Å². The van der Waals surface area contributed by atoms with Gasteiger partial charge in [0.1, 0.15) is 0 Å². The largest absolute Gasteiger partial charge is 0.324 e. The van der Waals surface area contributed by atoms with Gasteiger partial charge >= 0.3 is 0 Å². The van der Waals surface area contributed by atoms with Crippen molar-refractivity contribution < 1.29 is 4.79 Å². The summed E-state index contributed by atoms with van der Waals surface area (Å²) in [6.07, 6.45) is 3.74. The van der Waals surface area contributed by atoms with E-state index in [9.17, 15) is 4.79 Å². The number of aromatic nitrogens is 2. The quantitative estimate of drug-likeness (QED) is 0.788. The van der Waals surface area contributed by atoms with Crippen molar-refractivity contribution in [2.24, 2.45) is 0 Å². The predicted molar refractivity (Wildman–Crippen MR) is 99.2 cm³/mol. The van der Waals surface area contributed by atoms with E-state index in [1.165, 1.54) is 18.1 Å². The number of carbonyl (C=O) groups is 1. The molecule has 0 atom stereocenters. The Morgan fingerprint density at radius 2 is 1.96 bits per heavy atom. The lowest BCUT2D eigenvalue weighted by Crippen LogP contribution is -2.14. The van der Waals surface area contributed by atoms with Gasteiger partial charge in [0, 0.05) is 11.9 Å². The lowest BCUT2D eigenvalue weighted by molar-refractivity contribution is 0.101. The van der Waals surface area contributed by atoms with Gasteiger partial charge in [0.15, 0.2) is 5.78 Å². The Kier molecular flexibility index (Phi) is 5.37. The van der Waals surface area contributed by atoms with Gasteiger partial charge in [-0.25, -0.2) is 9.97 Å². The summed E-state index contributed by atoms with van der Waals surface area (Å²) in [6.45, 7) is 12.3. The van der Waals surface area contributed by atoms with Crippen LogP contribution in [0.4, 0.5) is 11.6 Å². The van der Waals surface area contributed by atoms with E-state index in [0.29, 0.717) is 17.2 Å². The highest BCUT2D eigenvalue weighted by atomic mass is 16.1. The van der Waals surface area contributed by atoms with Gasteiger partial charge in [0.25, 0.3) is 0 Å². The van der Waals surface area contributed by atoms with E-state index >= 15 is 0 Å². The van der Waals surface area contributed by atoms with Gasteiger partial charge in [-0.2, -0.15) is 0 Å². The highest BCUT2D eigenvalue weighted by molar-refractivity contribution is 5.94. The third kappa shape index (κ3) is 4.19. The average Bonchev–Trinajstić information content (AvgIpc) is 2.46. The zero-order valence-corrected chi connectivity index (χ0v) is 15.5. The maximum atomic E-state index is 11.5. The Labute approximate surface area is 144 Å². The number of aryl methyl sites for hydroxylation is 2. The molecule has 1 aromatic carbocycles. The first kappa shape index (κ1) is 18.1. The van der Waals surface area contributed by atoms with Crippen molar-refractivity contribution in [2.45, 2.75) is 59.8 Å². The lowest BCUT2D eigenvalue weighted by atomic mass is 9.82. The molecule has 2 rings (SSSR count). The predicted octanol–water partition coefficient (Wildman–Crippen LogP) is 4.98. The summed E-state index contributed by atoms with van der Waals surface area (Å²) in [5, 5.41) is 3.25. The van der Waals surface area contributed by atoms with Gasteiger partial charge in [0.2, 0.25) is 5.95 Å². The molecule has 4 nitrogen and oxygen atoms in total. The van der Waals surface area contributed by atoms with Crippen LogP contribution in [-0.2, 0) is 11.8 Å². The molecule has 0 aliphatic carbocycles. The Hall–Kier alpha value is -2.23. The number of anilines is 2. The van der Waals surface area contributed by atoms with E-state index < -0.39 is 0 Å². The van der Waals surface area contributed by atoms with Gasteiger partial charge < -0.3 is 5.32 Å². The van der Waals surface area contributed by atoms with Gasteiger partial charge in [-0.1, -0.05) is 40.2 Å². The fraction of sp³-hybridized carbons (Fsp3) is 0.450. The fourth-order valence-electron chi connectivity index (χ4n) is 2.88. The van der Waals surface area contributed by atoms with Crippen molar-refractivity contribution in [2.75, 3.05) is 5.32 Å². The summed E-state index contributed by atoms with van der Waals surface area (Å²) in [7, 11) is 0. The molecule has 1 aromatic heterocycles. The normalized spacial score (nSPS) is 11.4. The molecule has 0 amide bonds. The minimum atomic E-state index is -0.0150. The zero-order valence-electron chi connectivity index (χ0n) is 15.5. The number of Topliss-reactive ketones (excluding diaryl/α,β-unsaturated/α-hetero) is 1. The van der Waals surface area contributed by atoms with Crippen LogP contribution in [0, 0.1) is 6.92 Å². The van der Waals surface area contributed by atoms with Crippen LogP contribution in [0.5, 0.6) is 0 Å². The highest BCUT2D eigenvalue weighted by Gasteiger charge is 2.18. The van der Waals surface area contributed by atoms with E-state index in [1.807, 2.05) is 6.92 Å². The van der Waals surface area contributed by atoms with Crippen molar-refractivity contribution in [3.8, 4) is 0 Å². The number of nitrogens with zero attached hydrogens (tertiary/aromatic N) is 2. The van der Waals surface area contributed by atoms with Gasteiger partial charge in [-0.05, 0) is 48.9 Å². The number of rotatable bonds is 5. The van der Waals surface area contributed by atoms with E-state index in [2.05, 4.69) is 61.2 Å². The Morgan fingerprint density at radius 1 is 1.25 bits per heavy atom. The molecule has 0 unspecified atom stereocenters. The maximum Gasteiger partial charge on any atom is 0.227 e. The number of hydrogen-bond acceptors (Lipinski definition) is 4. The number of hydrogen-bond donors (Lipinski definition) is 1. The van der Waals surface area contributed by atoms with Crippen LogP contribution in [0.3, 0.4) is 0 Å². The maximum absolute atomic E-state index is 11.5. The summed E-state index contributed by atoms with van der Waals surface area (Å²) in [5.74, 6) is 0.502. The zero-order chi connectivity index (χ0) is 17.9. The molecular weight excluding hydrogens is 298 g/mol. The molecule has 0 spiro atoms. The Balaban J connectivity index is 2.32. The number of carbonyl (C=O) groups excluding carboxylic acids is 1. The summed E-state index contributed by atoms with van der Waals surface area (Å²) in [5.41, 5.74) is 5.09. The third-order valence-electron chi connectivity index (χ3n) is 4.05. The van der Waals surface area contributed by atoms with E-state index in [0.717, 1.165) is 18.5 Å². The smallest absolute Gasteiger partial charge is 0.227 e. The molecule has 24 heavy (non-hydrogen) atoms. The van der Waals surface area contributed by atoms with Crippen LogP contribution in [0.25, 0.3) is 0 Å². The molecule has 2 aromatic rings. The van der Waals surface area contributed by atoms with Crippen molar-refractivity contribution in [1.82, 2.24) is 9.97 Å². The number of nitrogens with one attached hydrogen (secondary N) is 1. The number of ketones is 1. The summed E-state index contributed by atoms with van der Waals surface area (Å²) in [4.78, 5) is 20.1. The molecule has 0 bridgehead atoms. The summed E-state index contributed by atoms with van der Waals surface area (Å²) in [6, 6.07) is 6.43. The summed E-state index contributed by atoms with van der Waals surface area (Å²) >= 11 is 0. The molecule has 1 heterocycles.